The standard InChI is InChI=1S/C3F12P/c4-1(5,6)16(13,14,15,2(7,8)9)3(10,11)12/q-1. The van der Waals surface area contributed by atoms with E-state index in [-0.39, 0.29) is 0 Å². The van der Waals surface area contributed by atoms with Crippen LogP contribution < -0.4 is 0 Å². The van der Waals surface area contributed by atoms with Gasteiger partial charge in [-0.05, 0) is 0 Å². The molecular weight excluding hydrogens is 295 g/mol. The van der Waals surface area contributed by atoms with Gasteiger partial charge in [-0.3, -0.25) is 0 Å². The molecular formula is C3F12P-. The van der Waals surface area contributed by atoms with Crippen LogP contribution in [-0.2, 0) is 0 Å². The third kappa shape index (κ3) is 1.08. The Bertz CT molecular complexity index is 254. The number of hydrogen-bond acceptors (Lipinski definition) is 0. The normalized spacial score (nSPS) is 20.2. The zero-order chi connectivity index (χ0) is 13.9. The monoisotopic (exact) mass is 295 g/mol. The van der Waals surface area contributed by atoms with Crippen molar-refractivity contribution in [2.75, 3.05) is 0 Å². The molecule has 0 aliphatic heterocycles. The van der Waals surface area contributed by atoms with E-state index < -0.39 is 24.6 Å². The Kier molecular flexibility index (Phi) is 2.47. The summed E-state index contributed by atoms with van der Waals surface area (Å²) in [6, 6.07) is 0. The van der Waals surface area contributed by atoms with E-state index in [9.17, 15) is 52.1 Å². The molecule has 0 nitrogen and oxygen atoms in total. The fourth-order valence-corrected chi connectivity index (χ4v) is 1.29. The second-order valence-corrected chi connectivity index (χ2v) is 6.79. The molecule has 0 unspecified atom stereocenters. The Hall–Kier alpha value is -0.410. The predicted molar refractivity (Wildman–Crippen MR) is 28.4 cm³/mol. The van der Waals surface area contributed by atoms with Crippen LogP contribution in [0.1, 0.15) is 0 Å². The molecule has 0 amide bonds. The molecule has 0 saturated heterocycles. The molecule has 0 aliphatic rings. The van der Waals surface area contributed by atoms with Crippen molar-refractivity contribution in [1.82, 2.24) is 0 Å². The minimum absolute atomic E-state index is 8.42. The molecule has 0 aromatic carbocycles. The molecule has 0 N–H and O–H groups in total. The van der Waals surface area contributed by atoms with E-state index in [2.05, 4.69) is 0 Å². The van der Waals surface area contributed by atoms with E-state index in [4.69, 9.17) is 0 Å². The summed E-state index contributed by atoms with van der Waals surface area (Å²) in [7, 11) is 0. The quantitative estimate of drug-likeness (QED) is 0.421. The topological polar surface area (TPSA) is 0 Å². The molecule has 16 heavy (non-hydrogen) atoms. The third-order valence-electron chi connectivity index (χ3n) is 1.62. The van der Waals surface area contributed by atoms with Crippen LogP contribution in [-0.4, -0.2) is 17.8 Å². The second kappa shape index (κ2) is 2.54. The summed E-state index contributed by atoms with van der Waals surface area (Å²) in [5.41, 5.74) is 0. The van der Waals surface area contributed by atoms with E-state index >= 15 is 0 Å². The SMILES string of the molecule is FC(F)(F)[P-](F)(F)(F)(C(F)(F)F)C(F)(F)F. The fraction of sp³-hybridized carbons (Fsp3) is 1.00. The van der Waals surface area contributed by atoms with Gasteiger partial charge in [0.1, 0.15) is 0 Å². The van der Waals surface area contributed by atoms with E-state index in [0.717, 1.165) is 0 Å². The molecule has 0 aromatic rings. The van der Waals surface area contributed by atoms with E-state index in [0.29, 0.717) is 0 Å². The first-order valence-electron chi connectivity index (χ1n) is 2.88. The van der Waals surface area contributed by atoms with Crippen LogP contribution in [0, 0.1) is 0 Å². The van der Waals surface area contributed by atoms with Gasteiger partial charge in [-0.25, -0.2) is 0 Å². The molecule has 0 aliphatic carbocycles. The average Bonchev–Trinajstić information content (AvgIpc) is 1.76. The van der Waals surface area contributed by atoms with Gasteiger partial charge < -0.3 is 0 Å². The van der Waals surface area contributed by atoms with Gasteiger partial charge in [0.05, 0.1) is 0 Å². The molecule has 0 atom stereocenters. The Balaban J connectivity index is 6.63. The number of halogens is 12. The van der Waals surface area contributed by atoms with Crippen LogP contribution in [0.15, 0.2) is 0 Å². The van der Waals surface area contributed by atoms with Gasteiger partial charge in [0.15, 0.2) is 0 Å². The molecule has 0 bridgehead atoms. The van der Waals surface area contributed by atoms with Crippen LogP contribution in [0.4, 0.5) is 52.1 Å². The summed E-state index contributed by atoms with van der Waals surface area (Å²) in [5.74, 6) is -25.2. The Morgan fingerprint density at radius 3 is 0.562 bits per heavy atom. The van der Waals surface area contributed by atoms with Gasteiger partial charge in [-0.1, -0.05) is 0 Å². The van der Waals surface area contributed by atoms with Crippen LogP contribution in [0.25, 0.3) is 0 Å². The second-order valence-electron chi connectivity index (χ2n) is 2.69. The summed E-state index contributed by atoms with van der Waals surface area (Å²) in [6.45, 7) is -13.1. The molecule has 13 heteroatoms. The van der Waals surface area contributed by atoms with Crippen molar-refractivity contribution in [3.05, 3.63) is 0 Å². The Morgan fingerprint density at radius 2 is 0.562 bits per heavy atom. The summed E-state index contributed by atoms with van der Waals surface area (Å²) in [4.78, 5) is 0. The molecule has 0 saturated carbocycles. The Labute approximate surface area is 78.1 Å². The summed E-state index contributed by atoms with van der Waals surface area (Å²) < 4.78 is 139. The van der Waals surface area contributed by atoms with Gasteiger partial charge in [0.2, 0.25) is 0 Å². The first-order chi connectivity index (χ1) is 6.34. The third-order valence-corrected chi connectivity index (χ3v) is 4.87. The van der Waals surface area contributed by atoms with E-state index in [1.807, 2.05) is 0 Å². The van der Waals surface area contributed by atoms with Crippen molar-refractivity contribution < 1.29 is 52.1 Å². The Morgan fingerprint density at radius 1 is 0.438 bits per heavy atom. The zero-order valence-corrected chi connectivity index (χ0v) is 7.38. The van der Waals surface area contributed by atoms with E-state index in [1.54, 1.807) is 0 Å². The zero-order valence-electron chi connectivity index (χ0n) is 6.48. The van der Waals surface area contributed by atoms with Crippen LogP contribution in [0.5, 0.6) is 0 Å². The summed E-state index contributed by atoms with van der Waals surface area (Å²) in [6.07, 6.45) is 0. The maximum atomic E-state index is 12.1. The van der Waals surface area contributed by atoms with Gasteiger partial charge in [-0.15, -0.1) is 0 Å². The van der Waals surface area contributed by atoms with E-state index in [1.165, 1.54) is 0 Å². The number of rotatable bonds is 0. The summed E-state index contributed by atoms with van der Waals surface area (Å²) in [5, 5.41) is 0. The molecule has 102 valence electrons. The van der Waals surface area contributed by atoms with Crippen molar-refractivity contribution in [1.29, 1.82) is 0 Å². The maximum absolute atomic E-state index is 13.1. The predicted octanol–water partition coefficient (Wildman–Crippen LogP) is 5.29. The van der Waals surface area contributed by atoms with Crippen LogP contribution in [0.3, 0.4) is 0 Å². The molecule has 0 fully saturated rings. The van der Waals surface area contributed by atoms with Crippen molar-refractivity contribution in [2.45, 2.75) is 17.8 Å². The first kappa shape index (κ1) is 15.6. The summed E-state index contributed by atoms with van der Waals surface area (Å²) >= 11 is 0. The van der Waals surface area contributed by atoms with Crippen molar-refractivity contribution in [3.63, 3.8) is 0 Å². The molecule has 0 aromatic heterocycles. The van der Waals surface area contributed by atoms with Gasteiger partial charge in [-0.2, -0.15) is 0 Å². The van der Waals surface area contributed by atoms with Crippen LogP contribution >= 0.6 is 6.88 Å². The average molecular weight is 295 g/mol. The molecule has 0 rings (SSSR count). The fourth-order valence-electron chi connectivity index (χ4n) is 0.431. The van der Waals surface area contributed by atoms with Crippen LogP contribution in [0.2, 0.25) is 0 Å². The first-order valence-corrected chi connectivity index (χ1v) is 5.23. The minimum atomic E-state index is -13.1. The van der Waals surface area contributed by atoms with Crippen molar-refractivity contribution >= 4 is 6.88 Å². The van der Waals surface area contributed by atoms with Crippen molar-refractivity contribution in [3.8, 4) is 0 Å². The van der Waals surface area contributed by atoms with Crippen molar-refractivity contribution in [2.24, 2.45) is 0 Å². The molecule has 0 heterocycles. The number of hydrogen-bond donors (Lipinski definition) is 0. The van der Waals surface area contributed by atoms with Gasteiger partial charge >= 0.3 is 76.7 Å². The molecule has 0 radical (unpaired) electrons. The van der Waals surface area contributed by atoms with Gasteiger partial charge in [0, 0.05) is 0 Å². The number of alkyl halides is 9. The molecule has 0 spiro atoms. The van der Waals surface area contributed by atoms with Gasteiger partial charge in [0.25, 0.3) is 0 Å².